The molecule has 0 saturated heterocycles. The molecule has 0 fully saturated rings. The molecule has 0 aliphatic carbocycles. The first-order chi connectivity index (χ1) is 10.0. The van der Waals surface area contributed by atoms with Gasteiger partial charge in [0.15, 0.2) is 0 Å². The molecule has 2 aromatic carbocycles. The van der Waals surface area contributed by atoms with Gasteiger partial charge in [0, 0.05) is 27.8 Å². The Morgan fingerprint density at radius 2 is 1.95 bits per heavy atom. The van der Waals surface area contributed by atoms with Crippen molar-refractivity contribution >= 4 is 51.4 Å². The highest BCUT2D eigenvalue weighted by Crippen LogP contribution is 2.27. The zero-order chi connectivity index (χ0) is 15.0. The molecule has 21 heavy (non-hydrogen) atoms. The highest BCUT2D eigenvalue weighted by atomic mass is 35.5. The van der Waals surface area contributed by atoms with Crippen molar-refractivity contribution in [1.82, 2.24) is 4.98 Å². The largest absolute Gasteiger partial charge is 0.399 e. The lowest BCUT2D eigenvalue weighted by molar-refractivity contribution is 0.102. The third kappa shape index (κ3) is 2.68. The van der Waals surface area contributed by atoms with E-state index in [4.69, 9.17) is 28.9 Å². The van der Waals surface area contributed by atoms with Crippen LogP contribution in [0.5, 0.6) is 0 Å². The lowest BCUT2D eigenvalue weighted by Crippen LogP contribution is -2.11. The van der Waals surface area contributed by atoms with Gasteiger partial charge in [0.2, 0.25) is 0 Å². The third-order valence-electron chi connectivity index (χ3n) is 3.13. The van der Waals surface area contributed by atoms with E-state index in [9.17, 15) is 4.79 Å². The second-order valence-corrected chi connectivity index (χ2v) is 5.43. The molecule has 0 aliphatic heterocycles. The number of anilines is 2. The van der Waals surface area contributed by atoms with Gasteiger partial charge >= 0.3 is 0 Å². The summed E-state index contributed by atoms with van der Waals surface area (Å²) in [6, 6.07) is 10.2. The molecule has 4 nitrogen and oxygen atoms in total. The van der Waals surface area contributed by atoms with Crippen molar-refractivity contribution in [2.75, 3.05) is 11.1 Å². The second kappa shape index (κ2) is 5.31. The Labute approximate surface area is 130 Å². The van der Waals surface area contributed by atoms with E-state index in [1.165, 1.54) is 0 Å². The highest BCUT2D eigenvalue weighted by Gasteiger charge is 2.13. The summed E-state index contributed by atoms with van der Waals surface area (Å²) in [7, 11) is 0. The molecule has 3 aromatic rings. The van der Waals surface area contributed by atoms with Crippen molar-refractivity contribution in [1.29, 1.82) is 0 Å². The van der Waals surface area contributed by atoms with Crippen molar-refractivity contribution in [2.45, 2.75) is 0 Å². The van der Waals surface area contributed by atoms with Gasteiger partial charge in [0.25, 0.3) is 5.91 Å². The monoisotopic (exact) mass is 319 g/mol. The molecule has 3 rings (SSSR count). The number of aromatic nitrogens is 1. The van der Waals surface area contributed by atoms with Crippen LogP contribution in [0.4, 0.5) is 11.4 Å². The van der Waals surface area contributed by atoms with E-state index in [1.807, 2.05) is 0 Å². The molecule has 6 heteroatoms. The Morgan fingerprint density at radius 3 is 2.71 bits per heavy atom. The molecule has 0 aliphatic rings. The van der Waals surface area contributed by atoms with E-state index in [0.29, 0.717) is 27.0 Å². The van der Waals surface area contributed by atoms with Crippen molar-refractivity contribution in [3.8, 4) is 0 Å². The Kier molecular flexibility index (Phi) is 3.49. The van der Waals surface area contributed by atoms with Crippen molar-refractivity contribution < 1.29 is 4.79 Å². The fourth-order valence-electron chi connectivity index (χ4n) is 2.11. The fraction of sp³-hybridized carbons (Fsp3) is 0. The molecule has 0 saturated carbocycles. The van der Waals surface area contributed by atoms with Crippen LogP contribution >= 0.6 is 23.2 Å². The van der Waals surface area contributed by atoms with E-state index in [0.717, 1.165) is 10.9 Å². The van der Waals surface area contributed by atoms with Crippen LogP contribution in [0.2, 0.25) is 10.0 Å². The summed E-state index contributed by atoms with van der Waals surface area (Å²) in [5, 5.41) is 4.47. The van der Waals surface area contributed by atoms with Crippen LogP contribution in [0.25, 0.3) is 10.9 Å². The normalized spacial score (nSPS) is 10.8. The first kappa shape index (κ1) is 13.8. The molecule has 1 amide bonds. The molecule has 1 heterocycles. The molecular formula is C15H11Cl2N3O. The smallest absolute Gasteiger partial charge is 0.257 e. The van der Waals surface area contributed by atoms with E-state index >= 15 is 0 Å². The van der Waals surface area contributed by atoms with Gasteiger partial charge in [-0.05, 0) is 36.4 Å². The minimum atomic E-state index is -0.254. The van der Waals surface area contributed by atoms with E-state index in [1.54, 1.807) is 42.6 Å². The molecule has 0 spiro atoms. The number of carbonyl (C=O) groups is 1. The predicted molar refractivity (Wildman–Crippen MR) is 87.1 cm³/mol. The van der Waals surface area contributed by atoms with Gasteiger partial charge in [0.05, 0.1) is 16.3 Å². The number of carbonyl (C=O) groups excluding carboxylic acids is 1. The maximum absolute atomic E-state index is 12.4. The maximum atomic E-state index is 12.4. The lowest BCUT2D eigenvalue weighted by Gasteiger charge is -2.07. The number of aromatic amines is 1. The molecule has 0 radical (unpaired) electrons. The first-order valence-corrected chi connectivity index (χ1v) is 6.93. The number of hydrogen-bond acceptors (Lipinski definition) is 2. The van der Waals surface area contributed by atoms with E-state index in [-0.39, 0.29) is 5.91 Å². The number of nitrogens with two attached hydrogens (primary N) is 1. The summed E-state index contributed by atoms with van der Waals surface area (Å²) in [6.07, 6.45) is 1.64. The Morgan fingerprint density at radius 1 is 1.14 bits per heavy atom. The number of hydrogen-bond donors (Lipinski definition) is 3. The Bertz CT molecular complexity index is 842. The number of nitrogens with one attached hydrogen (secondary N) is 2. The van der Waals surface area contributed by atoms with Gasteiger partial charge in [-0.1, -0.05) is 23.2 Å². The van der Waals surface area contributed by atoms with Crippen LogP contribution in [0.1, 0.15) is 10.4 Å². The molecule has 0 unspecified atom stereocenters. The lowest BCUT2D eigenvalue weighted by atomic mass is 10.1. The van der Waals surface area contributed by atoms with Crippen LogP contribution < -0.4 is 11.1 Å². The second-order valence-electron chi connectivity index (χ2n) is 4.59. The molecule has 1 aromatic heterocycles. The number of fused-ring (bicyclic) bond motifs is 1. The van der Waals surface area contributed by atoms with Crippen LogP contribution in [-0.2, 0) is 0 Å². The average molecular weight is 320 g/mol. The minimum Gasteiger partial charge on any atom is -0.399 e. The Hall–Kier alpha value is -2.17. The van der Waals surface area contributed by atoms with Crippen molar-refractivity contribution in [3.05, 3.63) is 58.2 Å². The zero-order valence-electron chi connectivity index (χ0n) is 10.8. The summed E-state index contributed by atoms with van der Waals surface area (Å²) in [6.45, 7) is 0. The molecule has 4 N–H and O–H groups in total. The quantitative estimate of drug-likeness (QED) is 0.616. The number of halogens is 2. The molecule has 0 atom stereocenters. The van der Waals surface area contributed by atoms with Gasteiger partial charge in [-0.3, -0.25) is 4.79 Å². The van der Waals surface area contributed by atoms with Crippen LogP contribution in [-0.4, -0.2) is 10.9 Å². The zero-order valence-corrected chi connectivity index (χ0v) is 12.3. The summed E-state index contributed by atoms with van der Waals surface area (Å²) in [4.78, 5) is 15.4. The fourth-order valence-corrected chi connectivity index (χ4v) is 2.57. The van der Waals surface area contributed by atoms with Crippen molar-refractivity contribution in [3.63, 3.8) is 0 Å². The minimum absolute atomic E-state index is 0.254. The topological polar surface area (TPSA) is 70.9 Å². The van der Waals surface area contributed by atoms with E-state index < -0.39 is 0 Å². The number of benzene rings is 2. The number of amides is 1. The Balaban J connectivity index is 1.94. The van der Waals surface area contributed by atoms with Crippen molar-refractivity contribution in [2.24, 2.45) is 0 Å². The highest BCUT2D eigenvalue weighted by molar-refractivity contribution is 6.37. The summed E-state index contributed by atoms with van der Waals surface area (Å²) in [5.74, 6) is -0.254. The number of rotatable bonds is 2. The van der Waals surface area contributed by atoms with Gasteiger partial charge in [-0.15, -0.1) is 0 Å². The number of H-pyrrole nitrogens is 1. The standard InChI is InChI=1S/C15H11Cl2N3O/c16-8-1-4-13(12(17)5-8)20-15(21)11-7-19-14-6-9(18)2-3-10(11)14/h1-7,19H,18H2,(H,20,21). The molecule has 106 valence electrons. The van der Waals surface area contributed by atoms with Crippen LogP contribution in [0.15, 0.2) is 42.6 Å². The third-order valence-corrected chi connectivity index (χ3v) is 3.68. The maximum Gasteiger partial charge on any atom is 0.257 e. The van der Waals surface area contributed by atoms with Gasteiger partial charge in [-0.25, -0.2) is 0 Å². The van der Waals surface area contributed by atoms with Gasteiger partial charge < -0.3 is 16.0 Å². The summed E-state index contributed by atoms with van der Waals surface area (Å²) in [5.41, 5.74) is 8.19. The van der Waals surface area contributed by atoms with Crippen LogP contribution in [0.3, 0.4) is 0 Å². The predicted octanol–water partition coefficient (Wildman–Crippen LogP) is 4.31. The average Bonchev–Trinajstić information content (AvgIpc) is 2.84. The number of nitrogen functional groups attached to an aromatic ring is 1. The first-order valence-electron chi connectivity index (χ1n) is 6.17. The van der Waals surface area contributed by atoms with Gasteiger partial charge in [-0.2, -0.15) is 0 Å². The summed E-state index contributed by atoms with van der Waals surface area (Å²) < 4.78 is 0. The summed E-state index contributed by atoms with van der Waals surface area (Å²) >= 11 is 11.9. The molecular weight excluding hydrogens is 309 g/mol. The van der Waals surface area contributed by atoms with Crippen LogP contribution in [0, 0.1) is 0 Å². The van der Waals surface area contributed by atoms with Gasteiger partial charge in [0.1, 0.15) is 0 Å². The van der Waals surface area contributed by atoms with E-state index in [2.05, 4.69) is 10.3 Å². The molecule has 0 bridgehead atoms. The SMILES string of the molecule is Nc1ccc2c(C(=O)Nc3ccc(Cl)cc3Cl)c[nH]c2c1.